The minimum Gasteiger partial charge on any atom is -0.375 e. The number of aromatic nitrogens is 4. The van der Waals surface area contributed by atoms with Gasteiger partial charge in [0.05, 0.1) is 18.3 Å². The minimum absolute atomic E-state index is 0.00721. The quantitative estimate of drug-likeness (QED) is 0.838. The Morgan fingerprint density at radius 1 is 1.46 bits per heavy atom. The van der Waals surface area contributed by atoms with Gasteiger partial charge >= 0.3 is 0 Å². The SMILES string of the molecule is CC(C)CCCC1CN(C(=O)c2cnc3c(c2)nnn3C)CCO1. The zero-order valence-corrected chi connectivity index (χ0v) is 14.6. The van der Waals surface area contributed by atoms with Crippen molar-refractivity contribution < 1.29 is 9.53 Å². The molecule has 2 aromatic heterocycles. The van der Waals surface area contributed by atoms with Gasteiger partial charge in [-0.25, -0.2) is 9.67 Å². The number of rotatable bonds is 5. The number of pyridine rings is 1. The van der Waals surface area contributed by atoms with E-state index in [4.69, 9.17) is 4.74 Å². The third-order valence-electron chi connectivity index (χ3n) is 4.42. The third-order valence-corrected chi connectivity index (χ3v) is 4.42. The summed E-state index contributed by atoms with van der Waals surface area (Å²) in [6, 6.07) is 1.76. The number of fused-ring (bicyclic) bond motifs is 1. The highest BCUT2D eigenvalue weighted by Crippen LogP contribution is 2.17. The molecule has 1 unspecified atom stereocenters. The van der Waals surface area contributed by atoms with E-state index in [0.29, 0.717) is 42.3 Å². The van der Waals surface area contributed by atoms with Crippen LogP contribution < -0.4 is 0 Å². The van der Waals surface area contributed by atoms with Crippen LogP contribution in [0.25, 0.3) is 11.2 Å². The van der Waals surface area contributed by atoms with Gasteiger partial charge in [-0.15, -0.1) is 5.10 Å². The molecule has 7 nitrogen and oxygen atoms in total. The van der Waals surface area contributed by atoms with Crippen LogP contribution in [-0.2, 0) is 11.8 Å². The van der Waals surface area contributed by atoms with Crippen molar-refractivity contribution in [2.45, 2.75) is 39.2 Å². The fourth-order valence-corrected chi connectivity index (χ4v) is 3.06. The van der Waals surface area contributed by atoms with Crippen molar-refractivity contribution in [2.75, 3.05) is 19.7 Å². The van der Waals surface area contributed by atoms with Gasteiger partial charge in [0.15, 0.2) is 5.65 Å². The van der Waals surface area contributed by atoms with Gasteiger partial charge in [0.2, 0.25) is 0 Å². The number of hydrogen-bond donors (Lipinski definition) is 0. The maximum Gasteiger partial charge on any atom is 0.255 e. The Morgan fingerprint density at radius 2 is 2.29 bits per heavy atom. The topological polar surface area (TPSA) is 73.1 Å². The van der Waals surface area contributed by atoms with E-state index in [2.05, 4.69) is 29.1 Å². The molecular weight excluding hydrogens is 306 g/mol. The molecule has 1 aliphatic rings. The molecule has 1 saturated heterocycles. The molecule has 130 valence electrons. The highest BCUT2D eigenvalue weighted by molar-refractivity contribution is 5.96. The molecule has 0 aliphatic carbocycles. The molecule has 1 aliphatic heterocycles. The second kappa shape index (κ2) is 7.25. The van der Waals surface area contributed by atoms with Gasteiger partial charge in [0, 0.05) is 26.3 Å². The number of amides is 1. The molecule has 0 bridgehead atoms. The van der Waals surface area contributed by atoms with E-state index in [-0.39, 0.29) is 12.0 Å². The normalized spacial score (nSPS) is 18.5. The molecule has 7 heteroatoms. The maximum absolute atomic E-state index is 12.8. The van der Waals surface area contributed by atoms with Gasteiger partial charge < -0.3 is 9.64 Å². The Morgan fingerprint density at radius 3 is 3.08 bits per heavy atom. The number of morpholine rings is 1. The fraction of sp³-hybridized carbons (Fsp3) is 0.647. The van der Waals surface area contributed by atoms with Crippen LogP contribution in [0.2, 0.25) is 0 Å². The second-order valence-corrected chi connectivity index (χ2v) is 6.85. The number of ether oxygens (including phenoxy) is 1. The lowest BCUT2D eigenvalue weighted by Crippen LogP contribution is -2.45. The standard InChI is InChI=1S/C17H25N5O2/c1-12(2)5-4-6-14-11-22(7-8-24-14)17(23)13-9-15-16(18-10-13)21(3)20-19-15/h9-10,12,14H,4-8,11H2,1-3H3. The molecular formula is C17H25N5O2. The van der Waals surface area contributed by atoms with Gasteiger partial charge in [0.25, 0.3) is 5.91 Å². The van der Waals surface area contributed by atoms with E-state index < -0.39 is 0 Å². The molecule has 0 saturated carbocycles. The van der Waals surface area contributed by atoms with Crippen molar-refractivity contribution in [3.8, 4) is 0 Å². The molecule has 1 amide bonds. The number of nitrogens with zero attached hydrogens (tertiary/aromatic N) is 5. The van der Waals surface area contributed by atoms with E-state index in [1.54, 1.807) is 24.0 Å². The van der Waals surface area contributed by atoms with Crippen LogP contribution in [0.4, 0.5) is 0 Å². The molecule has 0 N–H and O–H groups in total. The molecule has 0 aromatic carbocycles. The predicted molar refractivity (Wildman–Crippen MR) is 90.6 cm³/mol. The van der Waals surface area contributed by atoms with Crippen LogP contribution in [0.15, 0.2) is 12.3 Å². The van der Waals surface area contributed by atoms with E-state index in [1.165, 1.54) is 6.42 Å². The molecule has 1 atom stereocenters. The average molecular weight is 331 g/mol. The maximum atomic E-state index is 12.8. The average Bonchev–Trinajstić information content (AvgIpc) is 2.95. The van der Waals surface area contributed by atoms with Gasteiger partial charge in [-0.05, 0) is 18.4 Å². The van der Waals surface area contributed by atoms with Crippen LogP contribution in [0.1, 0.15) is 43.5 Å². The molecule has 1 fully saturated rings. The zero-order chi connectivity index (χ0) is 17.1. The zero-order valence-electron chi connectivity index (χ0n) is 14.6. The molecule has 24 heavy (non-hydrogen) atoms. The fourth-order valence-electron chi connectivity index (χ4n) is 3.06. The molecule has 3 heterocycles. The van der Waals surface area contributed by atoms with Crippen molar-refractivity contribution in [3.63, 3.8) is 0 Å². The summed E-state index contributed by atoms with van der Waals surface area (Å²) >= 11 is 0. The lowest BCUT2D eigenvalue weighted by molar-refractivity contribution is -0.0260. The summed E-state index contributed by atoms with van der Waals surface area (Å²) < 4.78 is 7.41. The van der Waals surface area contributed by atoms with Crippen molar-refractivity contribution in [3.05, 3.63) is 17.8 Å². The summed E-state index contributed by atoms with van der Waals surface area (Å²) in [6.45, 7) is 6.33. The number of carbonyl (C=O) groups excluding carboxylic acids is 1. The lowest BCUT2D eigenvalue weighted by atomic mass is 10.0. The highest BCUT2D eigenvalue weighted by Gasteiger charge is 2.25. The number of carbonyl (C=O) groups is 1. The predicted octanol–water partition coefficient (Wildman–Crippen LogP) is 2.03. The van der Waals surface area contributed by atoms with E-state index in [0.717, 1.165) is 12.8 Å². The molecule has 0 radical (unpaired) electrons. The van der Waals surface area contributed by atoms with Gasteiger partial charge in [-0.3, -0.25) is 4.79 Å². The Kier molecular flexibility index (Phi) is 5.08. The third kappa shape index (κ3) is 3.72. The van der Waals surface area contributed by atoms with Crippen molar-refractivity contribution in [2.24, 2.45) is 13.0 Å². The molecule has 3 rings (SSSR count). The van der Waals surface area contributed by atoms with Crippen LogP contribution in [0.5, 0.6) is 0 Å². The van der Waals surface area contributed by atoms with Crippen LogP contribution >= 0.6 is 0 Å². The number of hydrogen-bond acceptors (Lipinski definition) is 5. The highest BCUT2D eigenvalue weighted by atomic mass is 16.5. The van der Waals surface area contributed by atoms with Crippen molar-refractivity contribution >= 4 is 17.1 Å². The summed E-state index contributed by atoms with van der Waals surface area (Å²) in [5.74, 6) is 0.698. The summed E-state index contributed by atoms with van der Waals surface area (Å²) in [5, 5.41) is 7.96. The van der Waals surface area contributed by atoms with E-state index in [9.17, 15) is 4.79 Å². The molecule has 0 spiro atoms. The first-order chi connectivity index (χ1) is 11.5. The van der Waals surface area contributed by atoms with Gasteiger partial charge in [-0.2, -0.15) is 0 Å². The van der Waals surface area contributed by atoms with Gasteiger partial charge in [-0.1, -0.05) is 31.9 Å². The van der Waals surface area contributed by atoms with Crippen LogP contribution in [-0.4, -0.2) is 56.6 Å². The second-order valence-electron chi connectivity index (χ2n) is 6.85. The Hall–Kier alpha value is -2.02. The largest absolute Gasteiger partial charge is 0.375 e. The summed E-state index contributed by atoms with van der Waals surface area (Å²) in [6.07, 6.45) is 5.08. The monoisotopic (exact) mass is 331 g/mol. The first-order valence-corrected chi connectivity index (χ1v) is 8.61. The Balaban J connectivity index is 1.64. The van der Waals surface area contributed by atoms with Crippen molar-refractivity contribution in [1.29, 1.82) is 0 Å². The summed E-state index contributed by atoms with van der Waals surface area (Å²) in [7, 11) is 1.79. The van der Waals surface area contributed by atoms with E-state index >= 15 is 0 Å². The van der Waals surface area contributed by atoms with Crippen LogP contribution in [0.3, 0.4) is 0 Å². The van der Waals surface area contributed by atoms with Crippen LogP contribution in [0, 0.1) is 5.92 Å². The summed E-state index contributed by atoms with van der Waals surface area (Å²) in [4.78, 5) is 18.9. The van der Waals surface area contributed by atoms with Gasteiger partial charge in [0.1, 0.15) is 5.52 Å². The van der Waals surface area contributed by atoms with Crippen molar-refractivity contribution in [1.82, 2.24) is 24.9 Å². The first-order valence-electron chi connectivity index (χ1n) is 8.61. The van der Waals surface area contributed by atoms with E-state index in [1.807, 2.05) is 4.90 Å². The first kappa shape index (κ1) is 16.8. The Labute approximate surface area is 142 Å². The summed E-state index contributed by atoms with van der Waals surface area (Å²) in [5.41, 5.74) is 1.89. The minimum atomic E-state index is -0.00721. The lowest BCUT2D eigenvalue weighted by Gasteiger charge is -2.33. The smallest absolute Gasteiger partial charge is 0.255 e. The Bertz CT molecular complexity index is 712. The number of aryl methyl sites for hydroxylation is 1. The molecule has 2 aromatic rings.